The summed E-state index contributed by atoms with van der Waals surface area (Å²) in [6.45, 7) is 6.26. The topological polar surface area (TPSA) is 66.0 Å². The lowest BCUT2D eigenvalue weighted by molar-refractivity contribution is 0.141. The average Bonchev–Trinajstić information content (AvgIpc) is 3.19. The highest BCUT2D eigenvalue weighted by molar-refractivity contribution is 5.67. The van der Waals surface area contributed by atoms with E-state index in [4.69, 9.17) is 9.26 Å². The molecule has 26 heavy (non-hydrogen) atoms. The van der Waals surface area contributed by atoms with E-state index < -0.39 is 6.43 Å². The van der Waals surface area contributed by atoms with Gasteiger partial charge in [0, 0.05) is 7.05 Å². The zero-order valence-corrected chi connectivity index (χ0v) is 15.2. The molecule has 0 saturated carbocycles. The Kier molecular flexibility index (Phi) is 4.52. The van der Waals surface area contributed by atoms with Crippen molar-refractivity contribution in [3.8, 4) is 28.6 Å². The van der Waals surface area contributed by atoms with Crippen molar-refractivity contribution < 1.29 is 18.0 Å². The summed E-state index contributed by atoms with van der Waals surface area (Å²) >= 11 is 0. The van der Waals surface area contributed by atoms with Crippen LogP contribution in [0.3, 0.4) is 0 Å². The largest absolute Gasteiger partial charge is 0.496 e. The molecule has 0 aliphatic carbocycles. The quantitative estimate of drug-likeness (QED) is 0.689. The van der Waals surface area contributed by atoms with Gasteiger partial charge in [0.1, 0.15) is 11.4 Å². The number of methoxy groups -OCH3 is 1. The van der Waals surface area contributed by atoms with Gasteiger partial charge in [-0.1, -0.05) is 32.0 Å². The van der Waals surface area contributed by atoms with Gasteiger partial charge in [-0.3, -0.25) is 4.68 Å². The molecule has 0 aliphatic heterocycles. The number of benzene rings is 1. The molecule has 1 aromatic carbocycles. The molecule has 0 spiro atoms. The van der Waals surface area contributed by atoms with Crippen LogP contribution in [0.2, 0.25) is 0 Å². The first kappa shape index (κ1) is 18.0. The molecule has 0 N–H and O–H groups in total. The normalized spacial score (nSPS) is 12.0. The number of aryl methyl sites for hydroxylation is 1. The Labute approximate surface area is 149 Å². The number of aromatic nitrogens is 4. The Bertz CT molecular complexity index is 926. The number of hydrogen-bond donors (Lipinski definition) is 0. The molecule has 0 saturated heterocycles. The van der Waals surface area contributed by atoms with E-state index in [1.807, 2.05) is 18.2 Å². The smallest absolute Gasteiger partial charge is 0.280 e. The van der Waals surface area contributed by atoms with Gasteiger partial charge in [0.05, 0.1) is 24.4 Å². The van der Waals surface area contributed by atoms with Gasteiger partial charge < -0.3 is 9.26 Å². The van der Waals surface area contributed by atoms with E-state index >= 15 is 0 Å². The first-order valence-electron chi connectivity index (χ1n) is 8.05. The van der Waals surface area contributed by atoms with Crippen LogP contribution in [0.4, 0.5) is 8.78 Å². The van der Waals surface area contributed by atoms with Crippen LogP contribution in [0.1, 0.15) is 38.5 Å². The lowest BCUT2D eigenvalue weighted by Gasteiger charge is -2.20. The van der Waals surface area contributed by atoms with Crippen molar-refractivity contribution in [2.24, 2.45) is 7.05 Å². The number of nitrogens with zero attached hydrogens (tertiary/aromatic N) is 4. The minimum atomic E-state index is -2.70. The highest BCUT2D eigenvalue weighted by Gasteiger charge is 2.25. The number of ether oxygens (including phenoxy) is 1. The second-order valence-electron chi connectivity index (χ2n) is 6.96. The van der Waals surface area contributed by atoms with Crippen molar-refractivity contribution >= 4 is 0 Å². The van der Waals surface area contributed by atoms with E-state index in [0.717, 1.165) is 10.2 Å². The average molecular weight is 362 g/mol. The zero-order chi connectivity index (χ0) is 19.1. The van der Waals surface area contributed by atoms with Crippen molar-refractivity contribution in [2.45, 2.75) is 32.6 Å². The van der Waals surface area contributed by atoms with Crippen LogP contribution < -0.4 is 4.74 Å². The van der Waals surface area contributed by atoms with Gasteiger partial charge in [-0.05, 0) is 23.1 Å². The maximum absolute atomic E-state index is 13.3. The molecule has 0 unspecified atom stereocenters. The van der Waals surface area contributed by atoms with Gasteiger partial charge in [-0.15, -0.1) is 0 Å². The second kappa shape index (κ2) is 6.51. The second-order valence-corrected chi connectivity index (χ2v) is 6.96. The molecule has 0 amide bonds. The summed E-state index contributed by atoms with van der Waals surface area (Å²) in [6, 6.07) is 5.73. The minimum absolute atomic E-state index is 0.00776. The van der Waals surface area contributed by atoms with E-state index in [-0.39, 0.29) is 28.4 Å². The van der Waals surface area contributed by atoms with Gasteiger partial charge in [-0.2, -0.15) is 10.1 Å². The Morgan fingerprint density at radius 3 is 2.54 bits per heavy atom. The molecule has 3 aromatic rings. The van der Waals surface area contributed by atoms with E-state index in [9.17, 15) is 8.78 Å². The molecular formula is C18H20F2N4O2. The molecule has 0 fully saturated rings. The van der Waals surface area contributed by atoms with E-state index in [1.54, 1.807) is 7.11 Å². The maximum atomic E-state index is 13.3. The first-order chi connectivity index (χ1) is 12.2. The van der Waals surface area contributed by atoms with Crippen molar-refractivity contribution in [3.05, 3.63) is 35.7 Å². The van der Waals surface area contributed by atoms with E-state index in [0.29, 0.717) is 11.3 Å². The molecule has 2 aromatic heterocycles. The summed E-state index contributed by atoms with van der Waals surface area (Å²) in [5.74, 6) is 0.837. The Morgan fingerprint density at radius 1 is 1.19 bits per heavy atom. The summed E-state index contributed by atoms with van der Waals surface area (Å²) < 4.78 is 38.3. The third-order valence-electron chi connectivity index (χ3n) is 4.15. The molecular weight excluding hydrogens is 342 g/mol. The van der Waals surface area contributed by atoms with Crippen molar-refractivity contribution in [1.82, 2.24) is 19.9 Å². The molecule has 0 atom stereocenters. The maximum Gasteiger partial charge on any atom is 0.280 e. The molecule has 0 aliphatic rings. The third kappa shape index (κ3) is 3.18. The lowest BCUT2D eigenvalue weighted by Crippen LogP contribution is -2.11. The lowest BCUT2D eigenvalue weighted by atomic mass is 9.86. The van der Waals surface area contributed by atoms with Crippen LogP contribution in [0.25, 0.3) is 22.8 Å². The van der Waals surface area contributed by atoms with Crippen molar-refractivity contribution in [3.63, 3.8) is 0 Å². The third-order valence-corrected chi connectivity index (χ3v) is 4.15. The fourth-order valence-corrected chi connectivity index (χ4v) is 2.66. The van der Waals surface area contributed by atoms with Gasteiger partial charge in [-0.25, -0.2) is 8.78 Å². The minimum Gasteiger partial charge on any atom is -0.496 e. The predicted molar refractivity (Wildman–Crippen MR) is 92.1 cm³/mol. The predicted octanol–water partition coefficient (Wildman–Crippen LogP) is 4.38. The van der Waals surface area contributed by atoms with E-state index in [1.165, 1.54) is 13.2 Å². The fraction of sp³-hybridized carbons (Fsp3) is 0.389. The first-order valence-corrected chi connectivity index (χ1v) is 8.05. The summed E-state index contributed by atoms with van der Waals surface area (Å²) in [6.07, 6.45) is -1.41. The molecule has 2 heterocycles. The van der Waals surface area contributed by atoms with Crippen LogP contribution in [-0.4, -0.2) is 27.0 Å². The van der Waals surface area contributed by atoms with E-state index in [2.05, 4.69) is 36.0 Å². The molecule has 0 bridgehead atoms. The highest BCUT2D eigenvalue weighted by Crippen LogP contribution is 2.35. The van der Waals surface area contributed by atoms with Gasteiger partial charge >= 0.3 is 0 Å². The zero-order valence-electron chi connectivity index (χ0n) is 15.2. The van der Waals surface area contributed by atoms with Gasteiger partial charge in [0.2, 0.25) is 5.82 Å². The van der Waals surface area contributed by atoms with Crippen LogP contribution in [-0.2, 0) is 12.5 Å². The fourth-order valence-electron chi connectivity index (χ4n) is 2.66. The van der Waals surface area contributed by atoms with Crippen molar-refractivity contribution in [1.29, 1.82) is 0 Å². The van der Waals surface area contributed by atoms with Gasteiger partial charge in [0.15, 0.2) is 0 Å². The van der Waals surface area contributed by atoms with Crippen LogP contribution in [0.5, 0.6) is 5.75 Å². The summed E-state index contributed by atoms with van der Waals surface area (Å²) in [7, 11) is 2.99. The summed E-state index contributed by atoms with van der Waals surface area (Å²) in [5.41, 5.74) is 1.47. The van der Waals surface area contributed by atoms with Crippen LogP contribution in [0, 0.1) is 0 Å². The summed E-state index contributed by atoms with van der Waals surface area (Å²) in [5, 5.41) is 7.82. The standard InChI is InChI=1S/C18H20F2N4O2/c1-18(2,3)10-6-7-13(25-5)11(8-10)16-22-17(26-23-16)12-9-21-24(4)14(12)15(19)20/h6-9,15H,1-5H3. The monoisotopic (exact) mass is 362 g/mol. The van der Waals surface area contributed by atoms with Gasteiger partial charge in [0.25, 0.3) is 12.3 Å². The Hall–Kier alpha value is -2.77. The number of hydrogen-bond acceptors (Lipinski definition) is 5. The molecule has 138 valence electrons. The van der Waals surface area contributed by atoms with Crippen LogP contribution >= 0.6 is 0 Å². The SMILES string of the molecule is COc1ccc(C(C)(C)C)cc1-c1noc(-c2cnn(C)c2C(F)F)n1. The summed E-state index contributed by atoms with van der Waals surface area (Å²) in [4.78, 5) is 4.29. The Morgan fingerprint density at radius 2 is 1.92 bits per heavy atom. The molecule has 8 heteroatoms. The molecule has 3 rings (SSSR count). The molecule has 0 radical (unpaired) electrons. The Balaban J connectivity index is 2.08. The number of rotatable bonds is 4. The number of halogens is 2. The highest BCUT2D eigenvalue weighted by atomic mass is 19.3. The van der Waals surface area contributed by atoms with Crippen molar-refractivity contribution in [2.75, 3.05) is 7.11 Å². The number of alkyl halides is 2. The molecule has 6 nitrogen and oxygen atoms in total. The van der Waals surface area contributed by atoms with Crippen LogP contribution in [0.15, 0.2) is 28.9 Å².